The lowest BCUT2D eigenvalue weighted by atomic mass is 9.84. The summed E-state index contributed by atoms with van der Waals surface area (Å²) in [6.45, 7) is 5.79. The molecule has 1 N–H and O–H groups in total. The lowest BCUT2D eigenvalue weighted by Crippen LogP contribution is -2.33. The summed E-state index contributed by atoms with van der Waals surface area (Å²) in [5.74, 6) is 0. The van der Waals surface area contributed by atoms with Crippen molar-refractivity contribution >= 4 is 11.1 Å². The standard InChI is InChI=1S/C13H18N2O2/c1-13(2,7-14-8-16-3)10-4-5-11-12(6-10)17-9-15-11/h4-6,9,14H,7-8H2,1-3H3. The molecule has 0 amide bonds. The molecular weight excluding hydrogens is 216 g/mol. The van der Waals surface area contributed by atoms with Crippen LogP contribution < -0.4 is 5.32 Å². The summed E-state index contributed by atoms with van der Waals surface area (Å²) in [5.41, 5.74) is 2.99. The quantitative estimate of drug-likeness (QED) is 0.637. The van der Waals surface area contributed by atoms with Gasteiger partial charge in [0.15, 0.2) is 12.0 Å². The highest BCUT2D eigenvalue weighted by molar-refractivity contribution is 5.73. The van der Waals surface area contributed by atoms with E-state index in [2.05, 4.69) is 36.3 Å². The summed E-state index contributed by atoms with van der Waals surface area (Å²) >= 11 is 0. The third kappa shape index (κ3) is 2.65. The summed E-state index contributed by atoms with van der Waals surface area (Å²) in [5, 5.41) is 3.25. The zero-order valence-corrected chi connectivity index (χ0v) is 10.5. The van der Waals surface area contributed by atoms with Crippen LogP contribution in [0.5, 0.6) is 0 Å². The molecule has 0 aliphatic heterocycles. The van der Waals surface area contributed by atoms with Crippen LogP contribution in [0.4, 0.5) is 0 Å². The van der Waals surface area contributed by atoms with Gasteiger partial charge in [-0.05, 0) is 17.7 Å². The van der Waals surface area contributed by atoms with Gasteiger partial charge in [-0.25, -0.2) is 4.98 Å². The van der Waals surface area contributed by atoms with Crippen LogP contribution in [0.2, 0.25) is 0 Å². The SMILES string of the molecule is COCNCC(C)(C)c1ccc2ncoc2c1. The maximum Gasteiger partial charge on any atom is 0.181 e. The molecule has 0 bridgehead atoms. The van der Waals surface area contributed by atoms with Crippen molar-refractivity contribution in [2.45, 2.75) is 19.3 Å². The van der Waals surface area contributed by atoms with Gasteiger partial charge in [0.05, 0.1) is 6.73 Å². The van der Waals surface area contributed by atoms with Crippen molar-refractivity contribution in [2.75, 3.05) is 20.4 Å². The molecule has 0 fully saturated rings. The van der Waals surface area contributed by atoms with Gasteiger partial charge in [0, 0.05) is 19.1 Å². The van der Waals surface area contributed by atoms with Gasteiger partial charge in [-0.2, -0.15) is 0 Å². The highest BCUT2D eigenvalue weighted by atomic mass is 16.5. The second-order valence-corrected chi connectivity index (χ2v) is 4.78. The number of ether oxygens (including phenoxy) is 1. The number of aromatic nitrogens is 1. The molecule has 0 radical (unpaired) electrons. The Labute approximate surface area is 101 Å². The number of oxazole rings is 1. The Kier molecular flexibility index (Phi) is 3.45. The van der Waals surface area contributed by atoms with E-state index >= 15 is 0 Å². The molecule has 4 nitrogen and oxygen atoms in total. The molecule has 0 unspecified atom stereocenters. The van der Waals surface area contributed by atoms with Crippen LogP contribution in [-0.2, 0) is 10.2 Å². The minimum Gasteiger partial charge on any atom is -0.443 e. The van der Waals surface area contributed by atoms with Crippen LogP contribution in [0, 0.1) is 0 Å². The van der Waals surface area contributed by atoms with E-state index in [4.69, 9.17) is 9.15 Å². The zero-order valence-electron chi connectivity index (χ0n) is 10.5. The van der Waals surface area contributed by atoms with Crippen LogP contribution >= 0.6 is 0 Å². The van der Waals surface area contributed by atoms with Crippen molar-refractivity contribution in [1.29, 1.82) is 0 Å². The van der Waals surface area contributed by atoms with Crippen molar-refractivity contribution in [1.82, 2.24) is 10.3 Å². The van der Waals surface area contributed by atoms with Gasteiger partial charge in [-0.15, -0.1) is 0 Å². The fourth-order valence-corrected chi connectivity index (χ4v) is 1.84. The van der Waals surface area contributed by atoms with Crippen molar-refractivity contribution in [3.05, 3.63) is 30.2 Å². The van der Waals surface area contributed by atoms with Gasteiger partial charge in [0.2, 0.25) is 0 Å². The van der Waals surface area contributed by atoms with E-state index in [9.17, 15) is 0 Å². The highest BCUT2D eigenvalue weighted by Gasteiger charge is 2.20. The van der Waals surface area contributed by atoms with Gasteiger partial charge in [-0.3, -0.25) is 5.32 Å². The van der Waals surface area contributed by atoms with Crippen LogP contribution in [0.25, 0.3) is 11.1 Å². The summed E-state index contributed by atoms with van der Waals surface area (Å²) in [6.07, 6.45) is 1.48. The summed E-state index contributed by atoms with van der Waals surface area (Å²) in [4.78, 5) is 4.12. The Morgan fingerprint density at radius 1 is 1.41 bits per heavy atom. The third-order valence-corrected chi connectivity index (χ3v) is 2.93. The summed E-state index contributed by atoms with van der Waals surface area (Å²) < 4.78 is 10.3. The lowest BCUT2D eigenvalue weighted by Gasteiger charge is -2.25. The Morgan fingerprint density at radius 3 is 3.00 bits per heavy atom. The number of nitrogens with zero attached hydrogens (tertiary/aromatic N) is 1. The number of hydrogen-bond acceptors (Lipinski definition) is 4. The first-order valence-electron chi connectivity index (χ1n) is 5.67. The molecule has 1 aromatic heterocycles. The molecule has 92 valence electrons. The maximum absolute atomic E-state index is 5.32. The first-order valence-corrected chi connectivity index (χ1v) is 5.67. The van der Waals surface area contributed by atoms with E-state index in [1.165, 1.54) is 12.0 Å². The lowest BCUT2D eigenvalue weighted by molar-refractivity contribution is 0.169. The van der Waals surface area contributed by atoms with Crippen LogP contribution in [0.3, 0.4) is 0 Å². The van der Waals surface area contributed by atoms with E-state index in [1.54, 1.807) is 7.11 Å². The minimum atomic E-state index is 0.0273. The number of benzene rings is 1. The average molecular weight is 234 g/mol. The molecule has 4 heteroatoms. The molecule has 17 heavy (non-hydrogen) atoms. The second-order valence-electron chi connectivity index (χ2n) is 4.78. The van der Waals surface area contributed by atoms with Gasteiger partial charge >= 0.3 is 0 Å². The second kappa shape index (κ2) is 4.85. The maximum atomic E-state index is 5.32. The molecule has 0 aliphatic carbocycles. The van der Waals surface area contributed by atoms with Gasteiger partial charge in [0.1, 0.15) is 5.52 Å². The minimum absolute atomic E-state index is 0.0273. The van der Waals surface area contributed by atoms with Gasteiger partial charge < -0.3 is 9.15 Å². The first-order chi connectivity index (χ1) is 8.13. The van der Waals surface area contributed by atoms with Gasteiger partial charge in [0.25, 0.3) is 0 Å². The van der Waals surface area contributed by atoms with Crippen molar-refractivity contribution < 1.29 is 9.15 Å². The molecule has 0 saturated heterocycles. The number of hydrogen-bond donors (Lipinski definition) is 1. The summed E-state index contributed by atoms with van der Waals surface area (Å²) in [6, 6.07) is 6.14. The number of rotatable bonds is 5. The molecule has 0 saturated carbocycles. The first kappa shape index (κ1) is 12.1. The van der Waals surface area contributed by atoms with Crippen LogP contribution in [-0.4, -0.2) is 25.4 Å². The molecular formula is C13H18N2O2. The molecule has 0 aliphatic rings. The number of nitrogens with one attached hydrogen (secondary N) is 1. The Hall–Kier alpha value is -1.39. The summed E-state index contributed by atoms with van der Waals surface area (Å²) in [7, 11) is 1.68. The Morgan fingerprint density at radius 2 is 2.24 bits per heavy atom. The van der Waals surface area contributed by atoms with E-state index in [0.717, 1.165) is 17.6 Å². The zero-order chi connectivity index (χ0) is 12.3. The van der Waals surface area contributed by atoms with Crippen LogP contribution in [0.15, 0.2) is 29.0 Å². The molecule has 2 rings (SSSR count). The predicted molar refractivity (Wildman–Crippen MR) is 66.9 cm³/mol. The topological polar surface area (TPSA) is 47.3 Å². The number of methoxy groups -OCH3 is 1. The molecule has 0 atom stereocenters. The van der Waals surface area contributed by atoms with Gasteiger partial charge in [-0.1, -0.05) is 19.9 Å². The van der Waals surface area contributed by atoms with Crippen LogP contribution in [0.1, 0.15) is 19.4 Å². The molecule has 1 heterocycles. The van der Waals surface area contributed by atoms with E-state index in [1.807, 2.05) is 6.07 Å². The normalized spacial score (nSPS) is 12.2. The largest absolute Gasteiger partial charge is 0.443 e. The van der Waals surface area contributed by atoms with Crippen molar-refractivity contribution in [2.24, 2.45) is 0 Å². The number of fused-ring (bicyclic) bond motifs is 1. The predicted octanol–water partition coefficient (Wildman–Crippen LogP) is 2.30. The Bertz CT molecular complexity index is 491. The van der Waals surface area contributed by atoms with E-state index in [-0.39, 0.29) is 5.41 Å². The molecule has 0 spiro atoms. The molecule has 1 aromatic carbocycles. The third-order valence-electron chi connectivity index (χ3n) is 2.93. The van der Waals surface area contributed by atoms with Crippen molar-refractivity contribution in [3.8, 4) is 0 Å². The van der Waals surface area contributed by atoms with E-state index in [0.29, 0.717) is 6.73 Å². The smallest absolute Gasteiger partial charge is 0.181 e. The Balaban J connectivity index is 2.18. The average Bonchev–Trinajstić information content (AvgIpc) is 2.76. The molecule has 2 aromatic rings. The fraction of sp³-hybridized carbons (Fsp3) is 0.462. The fourth-order valence-electron chi connectivity index (χ4n) is 1.84. The van der Waals surface area contributed by atoms with Crippen molar-refractivity contribution in [3.63, 3.8) is 0 Å². The highest BCUT2D eigenvalue weighted by Crippen LogP contribution is 2.25. The van der Waals surface area contributed by atoms with E-state index < -0.39 is 0 Å². The monoisotopic (exact) mass is 234 g/mol.